The summed E-state index contributed by atoms with van der Waals surface area (Å²) in [5, 5.41) is 0. The zero-order valence-electron chi connectivity index (χ0n) is 13.7. The van der Waals surface area contributed by atoms with Crippen molar-refractivity contribution in [3.63, 3.8) is 0 Å². The SMILES string of the molecule is CCCC1CCC(CN)C(N(CC)Cc2ccccn2)C1. The third-order valence-corrected chi connectivity index (χ3v) is 5.03. The van der Waals surface area contributed by atoms with Gasteiger partial charge in [-0.15, -0.1) is 0 Å². The molecule has 1 aliphatic rings. The van der Waals surface area contributed by atoms with E-state index in [9.17, 15) is 0 Å². The minimum atomic E-state index is 0.632. The van der Waals surface area contributed by atoms with Crippen molar-refractivity contribution in [1.82, 2.24) is 9.88 Å². The number of rotatable bonds is 7. The van der Waals surface area contributed by atoms with Crippen LogP contribution in [0, 0.1) is 11.8 Å². The number of aromatic nitrogens is 1. The number of nitrogens with zero attached hydrogens (tertiary/aromatic N) is 2. The monoisotopic (exact) mass is 289 g/mol. The Hall–Kier alpha value is -0.930. The van der Waals surface area contributed by atoms with Crippen LogP contribution in [0.5, 0.6) is 0 Å². The molecule has 0 aliphatic heterocycles. The van der Waals surface area contributed by atoms with Gasteiger partial charge in [0.25, 0.3) is 0 Å². The second kappa shape index (κ2) is 8.50. The first kappa shape index (κ1) is 16.4. The molecule has 1 fully saturated rings. The molecule has 2 N–H and O–H groups in total. The Kier molecular flexibility index (Phi) is 6.65. The fraction of sp³-hybridized carbons (Fsp3) is 0.722. The van der Waals surface area contributed by atoms with Crippen LogP contribution >= 0.6 is 0 Å². The van der Waals surface area contributed by atoms with Gasteiger partial charge in [0.15, 0.2) is 0 Å². The van der Waals surface area contributed by atoms with Gasteiger partial charge in [-0.3, -0.25) is 9.88 Å². The summed E-state index contributed by atoms with van der Waals surface area (Å²) in [5.74, 6) is 1.54. The summed E-state index contributed by atoms with van der Waals surface area (Å²) in [6, 6.07) is 6.83. The van der Waals surface area contributed by atoms with Crippen molar-refractivity contribution < 1.29 is 0 Å². The lowest BCUT2D eigenvalue weighted by atomic mass is 9.76. The van der Waals surface area contributed by atoms with Crippen molar-refractivity contribution in [2.45, 2.75) is 58.5 Å². The topological polar surface area (TPSA) is 42.1 Å². The van der Waals surface area contributed by atoms with Gasteiger partial charge in [0.05, 0.1) is 5.69 Å². The zero-order valence-corrected chi connectivity index (χ0v) is 13.7. The number of nitrogens with two attached hydrogens (primary N) is 1. The van der Waals surface area contributed by atoms with E-state index in [1.54, 1.807) is 0 Å². The molecule has 0 bridgehead atoms. The molecule has 3 heteroatoms. The Labute approximate surface area is 129 Å². The molecule has 3 nitrogen and oxygen atoms in total. The predicted molar refractivity (Wildman–Crippen MR) is 88.9 cm³/mol. The third-order valence-electron chi connectivity index (χ3n) is 5.03. The van der Waals surface area contributed by atoms with E-state index in [2.05, 4.69) is 35.9 Å². The van der Waals surface area contributed by atoms with Crippen LogP contribution in [-0.2, 0) is 6.54 Å². The Bertz CT molecular complexity index is 393. The van der Waals surface area contributed by atoms with Gasteiger partial charge < -0.3 is 5.73 Å². The molecule has 1 aromatic heterocycles. The van der Waals surface area contributed by atoms with E-state index in [0.29, 0.717) is 12.0 Å². The molecule has 0 spiro atoms. The standard InChI is InChI=1S/C18H31N3/c1-3-7-15-9-10-16(13-19)18(12-15)21(4-2)14-17-8-5-6-11-20-17/h5-6,8,11,15-16,18H,3-4,7,9-10,12-14,19H2,1-2H3. The summed E-state index contributed by atoms with van der Waals surface area (Å²) >= 11 is 0. The summed E-state index contributed by atoms with van der Waals surface area (Å²) < 4.78 is 0. The van der Waals surface area contributed by atoms with Gasteiger partial charge in [0, 0.05) is 18.8 Å². The highest BCUT2D eigenvalue weighted by Crippen LogP contribution is 2.34. The lowest BCUT2D eigenvalue weighted by molar-refractivity contribution is 0.0763. The fourth-order valence-corrected chi connectivity index (χ4v) is 3.85. The van der Waals surface area contributed by atoms with Crippen LogP contribution in [0.15, 0.2) is 24.4 Å². The first-order chi connectivity index (χ1) is 10.3. The van der Waals surface area contributed by atoms with E-state index in [-0.39, 0.29) is 0 Å². The van der Waals surface area contributed by atoms with Crippen molar-refractivity contribution in [1.29, 1.82) is 0 Å². The predicted octanol–water partition coefficient (Wildman–Crippen LogP) is 3.45. The lowest BCUT2D eigenvalue weighted by Gasteiger charge is -2.42. The number of hydrogen-bond acceptors (Lipinski definition) is 3. The van der Waals surface area contributed by atoms with Crippen LogP contribution in [-0.4, -0.2) is 29.0 Å². The van der Waals surface area contributed by atoms with Crippen LogP contribution in [0.2, 0.25) is 0 Å². The highest BCUT2D eigenvalue weighted by molar-refractivity contribution is 5.04. The van der Waals surface area contributed by atoms with Crippen LogP contribution < -0.4 is 5.73 Å². The third kappa shape index (κ3) is 4.52. The molecular formula is C18H31N3. The Morgan fingerprint density at radius 2 is 2.14 bits per heavy atom. The average molecular weight is 289 g/mol. The molecule has 0 saturated heterocycles. The summed E-state index contributed by atoms with van der Waals surface area (Å²) in [4.78, 5) is 7.09. The van der Waals surface area contributed by atoms with Crippen LogP contribution in [0.25, 0.3) is 0 Å². The van der Waals surface area contributed by atoms with E-state index in [4.69, 9.17) is 5.73 Å². The Balaban J connectivity index is 2.05. The maximum absolute atomic E-state index is 6.06. The van der Waals surface area contributed by atoms with Gasteiger partial charge in [-0.25, -0.2) is 0 Å². The van der Waals surface area contributed by atoms with Crippen molar-refractivity contribution in [2.75, 3.05) is 13.1 Å². The summed E-state index contributed by atoms with van der Waals surface area (Å²) in [5.41, 5.74) is 7.23. The molecule has 3 atom stereocenters. The van der Waals surface area contributed by atoms with Crippen molar-refractivity contribution in [3.05, 3.63) is 30.1 Å². The minimum absolute atomic E-state index is 0.632. The maximum atomic E-state index is 6.06. The Morgan fingerprint density at radius 1 is 1.29 bits per heavy atom. The minimum Gasteiger partial charge on any atom is -0.330 e. The van der Waals surface area contributed by atoms with E-state index in [0.717, 1.165) is 25.6 Å². The van der Waals surface area contributed by atoms with Crippen LogP contribution in [0.3, 0.4) is 0 Å². The first-order valence-electron chi connectivity index (χ1n) is 8.62. The summed E-state index contributed by atoms with van der Waals surface area (Å²) in [6.45, 7) is 7.42. The first-order valence-corrected chi connectivity index (χ1v) is 8.62. The van der Waals surface area contributed by atoms with Gasteiger partial charge in [0.1, 0.15) is 0 Å². The molecule has 0 radical (unpaired) electrons. The average Bonchev–Trinajstić information content (AvgIpc) is 2.54. The second-order valence-electron chi connectivity index (χ2n) is 6.42. The smallest absolute Gasteiger partial charge is 0.0544 e. The van der Waals surface area contributed by atoms with Gasteiger partial charge in [0.2, 0.25) is 0 Å². The molecular weight excluding hydrogens is 258 g/mol. The quantitative estimate of drug-likeness (QED) is 0.836. The van der Waals surface area contributed by atoms with Gasteiger partial charge >= 0.3 is 0 Å². The van der Waals surface area contributed by atoms with Crippen molar-refractivity contribution in [2.24, 2.45) is 17.6 Å². The second-order valence-corrected chi connectivity index (χ2v) is 6.42. The molecule has 1 saturated carbocycles. The van der Waals surface area contributed by atoms with E-state index in [1.807, 2.05) is 12.3 Å². The Morgan fingerprint density at radius 3 is 2.76 bits per heavy atom. The maximum Gasteiger partial charge on any atom is 0.0544 e. The van der Waals surface area contributed by atoms with E-state index < -0.39 is 0 Å². The number of pyridine rings is 1. The van der Waals surface area contributed by atoms with Crippen LogP contribution in [0.4, 0.5) is 0 Å². The largest absolute Gasteiger partial charge is 0.330 e. The van der Waals surface area contributed by atoms with Crippen molar-refractivity contribution in [3.8, 4) is 0 Å². The molecule has 1 heterocycles. The number of hydrogen-bond donors (Lipinski definition) is 1. The molecule has 21 heavy (non-hydrogen) atoms. The highest BCUT2D eigenvalue weighted by atomic mass is 15.2. The molecule has 0 aromatic carbocycles. The summed E-state index contributed by atoms with van der Waals surface area (Å²) in [7, 11) is 0. The molecule has 0 amide bonds. The molecule has 1 aromatic rings. The highest BCUT2D eigenvalue weighted by Gasteiger charge is 2.32. The van der Waals surface area contributed by atoms with E-state index >= 15 is 0 Å². The fourth-order valence-electron chi connectivity index (χ4n) is 3.85. The van der Waals surface area contributed by atoms with Crippen molar-refractivity contribution >= 4 is 0 Å². The van der Waals surface area contributed by atoms with E-state index in [1.165, 1.54) is 37.8 Å². The van der Waals surface area contributed by atoms with Gasteiger partial charge in [-0.2, -0.15) is 0 Å². The molecule has 2 rings (SSSR count). The van der Waals surface area contributed by atoms with Crippen LogP contribution in [0.1, 0.15) is 51.6 Å². The zero-order chi connectivity index (χ0) is 15.1. The molecule has 1 aliphatic carbocycles. The van der Waals surface area contributed by atoms with Gasteiger partial charge in [-0.05, 0) is 49.9 Å². The van der Waals surface area contributed by atoms with Gasteiger partial charge in [-0.1, -0.05) is 39.2 Å². The molecule has 3 unspecified atom stereocenters. The normalized spacial score (nSPS) is 26.2. The lowest BCUT2D eigenvalue weighted by Crippen LogP contribution is -2.46. The summed E-state index contributed by atoms with van der Waals surface area (Å²) in [6.07, 6.45) is 8.55. The molecule has 118 valence electrons.